The van der Waals surface area contributed by atoms with Crippen LogP contribution in [0.4, 0.5) is 0 Å². The molecule has 0 spiro atoms. The summed E-state index contributed by atoms with van der Waals surface area (Å²) in [7, 11) is 12.0. The average Bonchev–Trinajstić information content (AvgIpc) is 2.08. The van der Waals surface area contributed by atoms with Crippen molar-refractivity contribution in [2.24, 2.45) is 0 Å². The third kappa shape index (κ3) is 18.8. The van der Waals surface area contributed by atoms with Gasteiger partial charge in [-0.15, -0.1) is 0 Å². The average molecular weight is 224 g/mol. The fraction of sp³-hybridized carbons (Fsp3) is 0.571. The van der Waals surface area contributed by atoms with Crippen molar-refractivity contribution < 1.29 is 0 Å². The highest BCUT2D eigenvalue weighted by Crippen LogP contribution is 2.02. The molecule has 0 saturated heterocycles. The van der Waals surface area contributed by atoms with Crippen LogP contribution in [0, 0.1) is 13.8 Å². The molecule has 0 amide bonds. The predicted molar refractivity (Wildman–Crippen MR) is 75.1 cm³/mol. The van der Waals surface area contributed by atoms with E-state index in [1.165, 1.54) is 11.1 Å². The van der Waals surface area contributed by atoms with Crippen LogP contribution in [0.1, 0.15) is 11.1 Å². The van der Waals surface area contributed by atoms with Gasteiger partial charge in [0.25, 0.3) is 0 Å². The highest BCUT2D eigenvalue weighted by molar-refractivity contribution is 5.23. The summed E-state index contributed by atoms with van der Waals surface area (Å²) in [5, 5.41) is 0. The first-order chi connectivity index (χ1) is 7.27. The van der Waals surface area contributed by atoms with Crippen LogP contribution < -0.4 is 0 Å². The lowest BCUT2D eigenvalue weighted by Crippen LogP contribution is -1.99. The zero-order valence-corrected chi connectivity index (χ0v) is 12.2. The molecule has 0 aromatic heterocycles. The van der Waals surface area contributed by atoms with Gasteiger partial charge in [-0.05, 0) is 67.3 Å². The number of rotatable bonds is 0. The van der Waals surface area contributed by atoms with E-state index in [1.807, 2.05) is 52.1 Å². The Bertz CT molecular complexity index is 222. The second-order valence-electron chi connectivity index (χ2n) is 4.77. The van der Waals surface area contributed by atoms with Crippen molar-refractivity contribution >= 4 is 0 Å². The molecular formula is C14H28N2. The lowest BCUT2D eigenvalue weighted by atomic mass is 10.1. The second kappa shape index (κ2) is 10.7. The molecule has 0 N–H and O–H groups in total. The van der Waals surface area contributed by atoms with Gasteiger partial charge in [0.1, 0.15) is 0 Å². The van der Waals surface area contributed by atoms with Crippen LogP contribution in [0.15, 0.2) is 24.3 Å². The zero-order chi connectivity index (χ0) is 13.1. The maximum Gasteiger partial charge on any atom is -0.0140 e. The number of hydrogen-bond acceptors (Lipinski definition) is 2. The SMILES string of the molecule is CN(C)C.CN(C)C.Cc1ccccc1C. The van der Waals surface area contributed by atoms with Gasteiger partial charge in [0.2, 0.25) is 0 Å². The van der Waals surface area contributed by atoms with E-state index >= 15 is 0 Å². The van der Waals surface area contributed by atoms with Crippen LogP contribution in [0.25, 0.3) is 0 Å². The van der Waals surface area contributed by atoms with Crippen molar-refractivity contribution in [3.05, 3.63) is 35.4 Å². The van der Waals surface area contributed by atoms with E-state index in [0.717, 1.165) is 0 Å². The minimum absolute atomic E-state index is 1.37. The molecule has 1 aromatic carbocycles. The van der Waals surface area contributed by atoms with Gasteiger partial charge in [-0.3, -0.25) is 0 Å². The molecular weight excluding hydrogens is 196 g/mol. The van der Waals surface area contributed by atoms with Crippen molar-refractivity contribution in [1.82, 2.24) is 9.80 Å². The maximum absolute atomic E-state index is 2.12. The summed E-state index contributed by atoms with van der Waals surface area (Å²) in [6, 6.07) is 8.36. The van der Waals surface area contributed by atoms with E-state index in [2.05, 4.69) is 38.1 Å². The van der Waals surface area contributed by atoms with E-state index < -0.39 is 0 Å². The Morgan fingerprint density at radius 3 is 0.938 bits per heavy atom. The summed E-state index contributed by atoms with van der Waals surface area (Å²) in [6.07, 6.45) is 0. The molecule has 94 valence electrons. The molecule has 0 aliphatic heterocycles. The topological polar surface area (TPSA) is 6.48 Å². The van der Waals surface area contributed by atoms with Gasteiger partial charge in [-0.25, -0.2) is 0 Å². The molecule has 0 aliphatic rings. The van der Waals surface area contributed by atoms with Gasteiger partial charge >= 0.3 is 0 Å². The number of aryl methyl sites for hydroxylation is 2. The quantitative estimate of drug-likeness (QED) is 0.668. The molecule has 0 unspecified atom stereocenters. The van der Waals surface area contributed by atoms with Gasteiger partial charge in [0.05, 0.1) is 0 Å². The Balaban J connectivity index is 0. The highest BCUT2D eigenvalue weighted by atomic mass is 15.0. The Morgan fingerprint density at radius 1 is 0.625 bits per heavy atom. The summed E-state index contributed by atoms with van der Waals surface area (Å²) < 4.78 is 0. The first-order valence-corrected chi connectivity index (χ1v) is 5.51. The Hall–Kier alpha value is -0.860. The Kier molecular flexibility index (Phi) is 11.7. The van der Waals surface area contributed by atoms with Gasteiger partial charge in [-0.1, -0.05) is 24.3 Å². The number of nitrogens with zero attached hydrogens (tertiary/aromatic N) is 2. The molecule has 2 heteroatoms. The fourth-order valence-electron chi connectivity index (χ4n) is 0.663. The van der Waals surface area contributed by atoms with Crippen molar-refractivity contribution in [1.29, 1.82) is 0 Å². The zero-order valence-electron chi connectivity index (χ0n) is 12.2. The summed E-state index contributed by atoms with van der Waals surface area (Å²) >= 11 is 0. The summed E-state index contributed by atoms with van der Waals surface area (Å²) in [5.41, 5.74) is 2.74. The second-order valence-corrected chi connectivity index (χ2v) is 4.77. The molecule has 0 fully saturated rings. The van der Waals surface area contributed by atoms with Crippen molar-refractivity contribution in [2.75, 3.05) is 42.3 Å². The van der Waals surface area contributed by atoms with Crippen LogP contribution in [0.3, 0.4) is 0 Å². The number of hydrogen-bond donors (Lipinski definition) is 0. The molecule has 0 atom stereocenters. The van der Waals surface area contributed by atoms with Crippen LogP contribution in [-0.4, -0.2) is 52.1 Å². The van der Waals surface area contributed by atoms with Crippen molar-refractivity contribution in [3.63, 3.8) is 0 Å². The molecule has 0 aliphatic carbocycles. The van der Waals surface area contributed by atoms with E-state index in [9.17, 15) is 0 Å². The van der Waals surface area contributed by atoms with Crippen LogP contribution >= 0.6 is 0 Å². The van der Waals surface area contributed by atoms with Crippen molar-refractivity contribution in [3.8, 4) is 0 Å². The van der Waals surface area contributed by atoms with E-state index in [0.29, 0.717) is 0 Å². The maximum atomic E-state index is 2.12. The Labute approximate surface area is 102 Å². The van der Waals surface area contributed by atoms with Gasteiger partial charge in [0.15, 0.2) is 0 Å². The molecule has 2 nitrogen and oxygen atoms in total. The van der Waals surface area contributed by atoms with Gasteiger partial charge < -0.3 is 9.80 Å². The minimum Gasteiger partial charge on any atom is -0.312 e. The predicted octanol–water partition coefficient (Wildman–Crippen LogP) is 2.66. The van der Waals surface area contributed by atoms with E-state index in [1.54, 1.807) is 0 Å². The minimum atomic E-state index is 1.37. The van der Waals surface area contributed by atoms with Gasteiger partial charge in [0, 0.05) is 0 Å². The van der Waals surface area contributed by atoms with Crippen LogP contribution in [-0.2, 0) is 0 Å². The monoisotopic (exact) mass is 224 g/mol. The summed E-state index contributed by atoms with van der Waals surface area (Å²) in [5.74, 6) is 0. The van der Waals surface area contributed by atoms with Crippen LogP contribution in [0.5, 0.6) is 0 Å². The standard InChI is InChI=1S/C8H10.2C3H9N/c1-7-5-3-4-6-8(7)2;2*1-4(2)3/h3-6H,1-2H3;2*1-3H3. The summed E-state index contributed by atoms with van der Waals surface area (Å²) in [4.78, 5) is 4.00. The molecule has 1 rings (SSSR count). The largest absolute Gasteiger partial charge is 0.312 e. The molecule has 16 heavy (non-hydrogen) atoms. The molecule has 0 radical (unpaired) electrons. The van der Waals surface area contributed by atoms with E-state index in [-0.39, 0.29) is 0 Å². The van der Waals surface area contributed by atoms with Crippen molar-refractivity contribution in [2.45, 2.75) is 13.8 Å². The first kappa shape index (κ1) is 17.5. The third-order valence-electron chi connectivity index (χ3n) is 1.43. The first-order valence-electron chi connectivity index (χ1n) is 5.51. The lowest BCUT2D eigenvalue weighted by Gasteiger charge is -1.93. The normalized spacial score (nSPS) is 9.12. The molecule has 0 saturated carbocycles. The number of benzene rings is 1. The fourth-order valence-corrected chi connectivity index (χ4v) is 0.663. The third-order valence-corrected chi connectivity index (χ3v) is 1.43. The molecule has 1 aromatic rings. The van der Waals surface area contributed by atoms with E-state index in [4.69, 9.17) is 0 Å². The smallest absolute Gasteiger partial charge is 0.0140 e. The highest BCUT2D eigenvalue weighted by Gasteiger charge is 1.83. The van der Waals surface area contributed by atoms with Gasteiger partial charge in [-0.2, -0.15) is 0 Å². The van der Waals surface area contributed by atoms with Crippen LogP contribution in [0.2, 0.25) is 0 Å². The lowest BCUT2D eigenvalue weighted by molar-refractivity contribution is 0.505. The Morgan fingerprint density at radius 2 is 0.812 bits per heavy atom. The molecule has 0 heterocycles. The summed E-state index contributed by atoms with van der Waals surface area (Å²) in [6.45, 7) is 4.24. The molecule has 0 bridgehead atoms.